The molecule has 0 saturated heterocycles. The molecule has 0 aromatic heterocycles. The van der Waals surface area contributed by atoms with Gasteiger partial charge in [0.25, 0.3) is 0 Å². The van der Waals surface area contributed by atoms with Crippen LogP contribution in [0.5, 0.6) is 0 Å². The minimum atomic E-state index is -0.619. The van der Waals surface area contributed by atoms with E-state index in [1.165, 1.54) is 0 Å². The molecule has 0 amide bonds. The second-order valence-corrected chi connectivity index (χ2v) is 1.97. The van der Waals surface area contributed by atoms with Gasteiger partial charge in [-0.1, -0.05) is 6.42 Å². The van der Waals surface area contributed by atoms with Crippen LogP contribution in [-0.2, 0) is 27.2 Å². The molecule has 3 heteroatoms. The summed E-state index contributed by atoms with van der Waals surface area (Å²) in [4.78, 5) is 9.98. The van der Waals surface area contributed by atoms with E-state index in [1.807, 2.05) is 0 Å². The van der Waals surface area contributed by atoms with E-state index in [0.29, 0.717) is 0 Å². The van der Waals surface area contributed by atoms with Gasteiger partial charge in [-0.25, -0.2) is 0 Å². The molecule has 1 rings (SSSR count). The summed E-state index contributed by atoms with van der Waals surface area (Å²) in [7, 11) is 0. The van der Waals surface area contributed by atoms with Gasteiger partial charge >= 0.3 is 5.97 Å². The van der Waals surface area contributed by atoms with Gasteiger partial charge in [-0.15, -0.1) is 0 Å². The van der Waals surface area contributed by atoms with Gasteiger partial charge in [-0.2, -0.15) is 0 Å². The number of carboxylic acids is 1. The average molecular weight is 208 g/mol. The van der Waals surface area contributed by atoms with Crippen molar-refractivity contribution in [1.82, 2.24) is 0 Å². The Balaban J connectivity index is 0.000000490. The van der Waals surface area contributed by atoms with Gasteiger partial charge < -0.3 is 5.11 Å². The molecule has 51 valence electrons. The van der Waals surface area contributed by atoms with Crippen LogP contribution >= 0.6 is 0 Å². The Bertz CT molecular complexity index is 88.4. The maximum Gasteiger partial charge on any atom is 0.306 e. The minimum absolute atomic E-state index is 0. The number of carbonyl (C=O) groups is 1. The van der Waals surface area contributed by atoms with E-state index in [0.717, 1.165) is 19.3 Å². The van der Waals surface area contributed by atoms with Crippen molar-refractivity contribution >= 4 is 5.97 Å². The zero-order chi connectivity index (χ0) is 5.28. The fourth-order valence-corrected chi connectivity index (χ4v) is 0.655. The van der Waals surface area contributed by atoms with Crippen molar-refractivity contribution < 1.29 is 32.3 Å². The van der Waals surface area contributed by atoms with Crippen molar-refractivity contribution in [2.75, 3.05) is 0 Å². The maximum absolute atomic E-state index is 9.98. The van der Waals surface area contributed by atoms with Crippen LogP contribution in [0.1, 0.15) is 19.3 Å². The second kappa shape index (κ2) is 3.28. The molecule has 0 atom stereocenters. The topological polar surface area (TPSA) is 37.3 Å². The number of hydrogen-bond donors (Lipinski definition) is 1. The number of aliphatic carboxylic acids is 1. The normalized spacial score (nSPS) is 18.5. The van der Waals surface area contributed by atoms with Crippen LogP contribution in [0.15, 0.2) is 0 Å². The molecule has 1 saturated carbocycles. The van der Waals surface area contributed by atoms with Crippen molar-refractivity contribution in [2.24, 2.45) is 5.92 Å². The number of rotatable bonds is 1. The smallest absolute Gasteiger partial charge is 0.306 e. The van der Waals surface area contributed by atoms with E-state index in [4.69, 9.17) is 5.11 Å². The molecule has 0 aliphatic heterocycles. The van der Waals surface area contributed by atoms with Crippen molar-refractivity contribution in [1.29, 1.82) is 0 Å². The Hall–Kier alpha value is 0.210. The molecule has 0 heterocycles. The third kappa shape index (κ3) is 1.62. The van der Waals surface area contributed by atoms with Crippen LogP contribution in [0.2, 0.25) is 0 Å². The molecule has 0 bridgehead atoms. The van der Waals surface area contributed by atoms with Gasteiger partial charge in [0, 0.05) is 22.4 Å². The third-order valence-corrected chi connectivity index (χ3v) is 1.45. The summed E-state index contributed by atoms with van der Waals surface area (Å²) in [6.45, 7) is 0. The summed E-state index contributed by atoms with van der Waals surface area (Å²) < 4.78 is 0. The van der Waals surface area contributed by atoms with Crippen LogP contribution in [0.3, 0.4) is 0 Å². The van der Waals surface area contributed by atoms with Gasteiger partial charge in [0.1, 0.15) is 0 Å². The first-order valence-corrected chi connectivity index (χ1v) is 2.53. The minimum Gasteiger partial charge on any atom is -0.481 e. The molecular formula is C5H8AgO2. The van der Waals surface area contributed by atoms with E-state index >= 15 is 0 Å². The molecule has 0 aromatic rings. The van der Waals surface area contributed by atoms with E-state index in [-0.39, 0.29) is 28.3 Å². The van der Waals surface area contributed by atoms with E-state index in [9.17, 15) is 4.79 Å². The number of hydrogen-bond acceptors (Lipinski definition) is 1. The predicted molar refractivity (Wildman–Crippen MR) is 25.0 cm³/mol. The van der Waals surface area contributed by atoms with Crippen molar-refractivity contribution in [3.05, 3.63) is 0 Å². The Kier molecular flexibility index (Phi) is 3.36. The molecule has 0 unspecified atom stereocenters. The molecule has 8 heavy (non-hydrogen) atoms. The molecule has 1 aliphatic rings. The zero-order valence-electron chi connectivity index (χ0n) is 4.36. The Morgan fingerprint density at radius 3 is 2.00 bits per heavy atom. The summed E-state index contributed by atoms with van der Waals surface area (Å²) in [5.41, 5.74) is 0. The zero-order valence-corrected chi connectivity index (χ0v) is 5.84. The molecule has 1 fully saturated rings. The molecule has 1 aliphatic carbocycles. The first-order valence-electron chi connectivity index (χ1n) is 2.53. The second-order valence-electron chi connectivity index (χ2n) is 1.97. The van der Waals surface area contributed by atoms with E-state index in [2.05, 4.69) is 0 Å². The maximum atomic E-state index is 9.98. The monoisotopic (exact) mass is 207 g/mol. The van der Waals surface area contributed by atoms with E-state index in [1.54, 1.807) is 0 Å². The third-order valence-electron chi connectivity index (χ3n) is 1.45. The number of carboxylic acid groups (broad SMARTS) is 1. The van der Waals surface area contributed by atoms with Gasteiger partial charge in [0.2, 0.25) is 0 Å². The average Bonchev–Trinajstić information content (AvgIpc) is 1.23. The van der Waals surface area contributed by atoms with Crippen LogP contribution in [-0.4, -0.2) is 11.1 Å². The fourth-order valence-electron chi connectivity index (χ4n) is 0.655. The molecule has 1 N–H and O–H groups in total. The quantitative estimate of drug-likeness (QED) is 0.649. The summed E-state index contributed by atoms with van der Waals surface area (Å²) >= 11 is 0. The Morgan fingerprint density at radius 1 is 1.50 bits per heavy atom. The van der Waals surface area contributed by atoms with E-state index < -0.39 is 5.97 Å². The summed E-state index contributed by atoms with van der Waals surface area (Å²) in [5.74, 6) is -0.619. The van der Waals surface area contributed by atoms with Crippen LogP contribution in [0, 0.1) is 5.92 Å². The van der Waals surface area contributed by atoms with Gasteiger partial charge in [0.15, 0.2) is 0 Å². The summed E-state index contributed by atoms with van der Waals surface area (Å²) in [6.07, 6.45) is 2.90. The first-order chi connectivity index (χ1) is 3.30. The van der Waals surface area contributed by atoms with Crippen molar-refractivity contribution in [2.45, 2.75) is 19.3 Å². The van der Waals surface area contributed by atoms with Crippen LogP contribution < -0.4 is 0 Å². The van der Waals surface area contributed by atoms with Crippen molar-refractivity contribution in [3.8, 4) is 0 Å². The molecule has 0 aromatic carbocycles. The predicted octanol–water partition coefficient (Wildman–Crippen LogP) is 0.869. The Labute approximate surface area is 63.8 Å². The Morgan fingerprint density at radius 2 is 2.00 bits per heavy atom. The van der Waals surface area contributed by atoms with Gasteiger partial charge in [-0.05, 0) is 12.8 Å². The summed E-state index contributed by atoms with van der Waals surface area (Å²) in [6, 6.07) is 0. The van der Waals surface area contributed by atoms with Crippen LogP contribution in [0.25, 0.3) is 0 Å². The molecular weight excluding hydrogens is 200 g/mol. The van der Waals surface area contributed by atoms with Gasteiger partial charge in [-0.3, -0.25) is 4.79 Å². The molecule has 0 spiro atoms. The summed E-state index contributed by atoms with van der Waals surface area (Å²) in [5, 5.41) is 8.23. The standard InChI is InChI=1S/C5H8O2.Ag/c6-5(7)4-2-1-3-4;/h4H,1-3H2,(H,6,7);. The van der Waals surface area contributed by atoms with Crippen molar-refractivity contribution in [3.63, 3.8) is 0 Å². The van der Waals surface area contributed by atoms with Crippen LogP contribution in [0.4, 0.5) is 0 Å². The first kappa shape index (κ1) is 8.21. The fraction of sp³-hybridized carbons (Fsp3) is 0.800. The van der Waals surface area contributed by atoms with Gasteiger partial charge in [0.05, 0.1) is 5.92 Å². The SMILES string of the molecule is O=C(O)C1CCC1.[Ag]. The molecule has 2 nitrogen and oxygen atoms in total. The largest absolute Gasteiger partial charge is 0.481 e. The molecule has 1 radical (unpaired) electrons.